The summed E-state index contributed by atoms with van der Waals surface area (Å²) in [6, 6.07) is 8.10. The fraction of sp³-hybridized carbons (Fsp3) is 0.400. The molecule has 100 valence electrons. The number of piperidine rings is 1. The molecule has 0 radical (unpaired) electrons. The molecule has 3 rings (SSSR count). The van der Waals surface area contributed by atoms with Gasteiger partial charge in [-0.1, -0.05) is 18.2 Å². The molecule has 4 heteroatoms. The average Bonchev–Trinajstić information content (AvgIpc) is 2.97. The summed E-state index contributed by atoms with van der Waals surface area (Å²) in [5, 5.41) is 10.9. The normalized spacial score (nSPS) is 19.3. The molecule has 0 saturated carbocycles. The molecular weight excluding hydrogens is 238 g/mol. The third kappa shape index (κ3) is 2.36. The van der Waals surface area contributed by atoms with Crippen LogP contribution in [0.15, 0.2) is 30.5 Å². The van der Waals surface area contributed by atoms with E-state index in [1.807, 2.05) is 24.4 Å². The minimum atomic E-state index is 0.510. The van der Waals surface area contributed by atoms with Crippen LogP contribution >= 0.6 is 0 Å². The third-order valence-corrected chi connectivity index (χ3v) is 3.77. The highest BCUT2D eigenvalue weighted by atomic mass is 16.5. The van der Waals surface area contributed by atoms with Crippen molar-refractivity contribution in [3.05, 3.63) is 36.2 Å². The zero-order valence-corrected chi connectivity index (χ0v) is 11.1. The lowest BCUT2D eigenvalue weighted by Crippen LogP contribution is -2.28. The molecule has 1 aromatic carbocycles. The van der Waals surface area contributed by atoms with Gasteiger partial charge in [0.1, 0.15) is 5.75 Å². The van der Waals surface area contributed by atoms with Gasteiger partial charge in [-0.25, -0.2) is 0 Å². The molecule has 1 unspecified atom stereocenters. The Labute approximate surface area is 113 Å². The van der Waals surface area contributed by atoms with Crippen molar-refractivity contribution in [1.82, 2.24) is 15.5 Å². The van der Waals surface area contributed by atoms with Crippen LogP contribution in [0, 0.1) is 0 Å². The monoisotopic (exact) mass is 257 g/mol. The number of H-pyrrole nitrogens is 1. The second-order valence-corrected chi connectivity index (χ2v) is 4.94. The Morgan fingerprint density at radius 1 is 1.26 bits per heavy atom. The van der Waals surface area contributed by atoms with E-state index < -0.39 is 0 Å². The number of rotatable bonds is 3. The van der Waals surface area contributed by atoms with Gasteiger partial charge in [-0.15, -0.1) is 0 Å². The summed E-state index contributed by atoms with van der Waals surface area (Å²) in [7, 11) is 1.71. The number of aromatic amines is 1. The molecule has 2 heterocycles. The van der Waals surface area contributed by atoms with Gasteiger partial charge in [-0.3, -0.25) is 5.10 Å². The second kappa shape index (κ2) is 5.45. The van der Waals surface area contributed by atoms with E-state index in [1.165, 1.54) is 18.5 Å². The molecule has 1 aliphatic rings. The van der Waals surface area contributed by atoms with Gasteiger partial charge in [-0.05, 0) is 25.5 Å². The molecule has 1 fully saturated rings. The number of para-hydroxylation sites is 1. The largest absolute Gasteiger partial charge is 0.496 e. The SMILES string of the molecule is COc1ccccc1-c1cn[nH]c1C1CCCNC1. The van der Waals surface area contributed by atoms with Crippen molar-refractivity contribution in [2.75, 3.05) is 20.2 Å². The molecule has 0 bridgehead atoms. The molecule has 0 aliphatic carbocycles. The van der Waals surface area contributed by atoms with Crippen LogP contribution in [0.3, 0.4) is 0 Å². The minimum absolute atomic E-state index is 0.510. The molecule has 19 heavy (non-hydrogen) atoms. The highest BCUT2D eigenvalue weighted by Crippen LogP contribution is 2.35. The van der Waals surface area contributed by atoms with Crippen molar-refractivity contribution in [2.24, 2.45) is 0 Å². The van der Waals surface area contributed by atoms with E-state index in [9.17, 15) is 0 Å². The lowest BCUT2D eigenvalue weighted by Gasteiger charge is -2.23. The standard InChI is InChI=1S/C15H19N3O/c1-19-14-7-3-2-6-12(14)13-10-17-18-15(13)11-5-4-8-16-9-11/h2-3,6-7,10-11,16H,4-5,8-9H2,1H3,(H,17,18). The van der Waals surface area contributed by atoms with E-state index >= 15 is 0 Å². The second-order valence-electron chi connectivity index (χ2n) is 4.94. The van der Waals surface area contributed by atoms with Crippen LogP contribution < -0.4 is 10.1 Å². The molecule has 1 atom stereocenters. The van der Waals surface area contributed by atoms with Crippen molar-refractivity contribution in [2.45, 2.75) is 18.8 Å². The van der Waals surface area contributed by atoms with Crippen molar-refractivity contribution >= 4 is 0 Å². The van der Waals surface area contributed by atoms with Crippen LogP contribution in [-0.2, 0) is 0 Å². The molecule has 0 spiro atoms. The van der Waals surface area contributed by atoms with E-state index in [0.29, 0.717) is 5.92 Å². The molecule has 2 aromatic rings. The molecule has 4 nitrogen and oxygen atoms in total. The van der Waals surface area contributed by atoms with Gasteiger partial charge in [0.2, 0.25) is 0 Å². The summed E-state index contributed by atoms with van der Waals surface area (Å²) in [6.07, 6.45) is 4.33. The van der Waals surface area contributed by atoms with E-state index in [2.05, 4.69) is 21.6 Å². The predicted octanol–water partition coefficient (Wildman–Crippen LogP) is 2.55. The highest BCUT2D eigenvalue weighted by molar-refractivity contribution is 5.72. The summed E-state index contributed by atoms with van der Waals surface area (Å²) >= 11 is 0. The number of methoxy groups -OCH3 is 1. The fourth-order valence-corrected chi connectivity index (χ4v) is 2.79. The van der Waals surface area contributed by atoms with Crippen LogP contribution in [0.1, 0.15) is 24.5 Å². The quantitative estimate of drug-likeness (QED) is 0.888. The van der Waals surface area contributed by atoms with Crippen molar-refractivity contribution < 1.29 is 4.74 Å². The Bertz CT molecular complexity index is 544. The number of hydrogen-bond donors (Lipinski definition) is 2. The number of nitrogens with zero attached hydrogens (tertiary/aromatic N) is 1. The van der Waals surface area contributed by atoms with Gasteiger partial charge in [0.25, 0.3) is 0 Å². The lowest BCUT2D eigenvalue weighted by molar-refractivity contribution is 0.416. The molecule has 2 N–H and O–H groups in total. The van der Waals surface area contributed by atoms with Gasteiger partial charge in [0, 0.05) is 29.3 Å². The highest BCUT2D eigenvalue weighted by Gasteiger charge is 2.21. The smallest absolute Gasteiger partial charge is 0.126 e. The van der Waals surface area contributed by atoms with Gasteiger partial charge < -0.3 is 10.1 Å². The van der Waals surface area contributed by atoms with Crippen LogP contribution in [0.2, 0.25) is 0 Å². The Morgan fingerprint density at radius 2 is 2.16 bits per heavy atom. The van der Waals surface area contributed by atoms with E-state index in [4.69, 9.17) is 4.74 Å². The molecule has 1 aromatic heterocycles. The number of ether oxygens (including phenoxy) is 1. The lowest BCUT2D eigenvalue weighted by atomic mass is 9.91. The number of benzene rings is 1. The van der Waals surface area contributed by atoms with Gasteiger partial charge in [-0.2, -0.15) is 5.10 Å². The van der Waals surface area contributed by atoms with Crippen molar-refractivity contribution in [1.29, 1.82) is 0 Å². The fourth-order valence-electron chi connectivity index (χ4n) is 2.79. The van der Waals surface area contributed by atoms with Crippen molar-refractivity contribution in [3.8, 4) is 16.9 Å². The van der Waals surface area contributed by atoms with Crippen molar-refractivity contribution in [3.63, 3.8) is 0 Å². The molecule has 1 saturated heterocycles. The third-order valence-electron chi connectivity index (χ3n) is 3.77. The molecule has 1 aliphatic heterocycles. The zero-order valence-electron chi connectivity index (χ0n) is 11.1. The van der Waals surface area contributed by atoms with Crippen LogP contribution in [0.5, 0.6) is 5.75 Å². The maximum absolute atomic E-state index is 5.45. The average molecular weight is 257 g/mol. The number of aromatic nitrogens is 2. The topological polar surface area (TPSA) is 49.9 Å². The first-order valence-corrected chi connectivity index (χ1v) is 6.77. The number of nitrogens with one attached hydrogen (secondary N) is 2. The van der Waals surface area contributed by atoms with Crippen LogP contribution in [0.4, 0.5) is 0 Å². The maximum atomic E-state index is 5.45. The van der Waals surface area contributed by atoms with Gasteiger partial charge in [0.15, 0.2) is 0 Å². The first-order chi connectivity index (χ1) is 9.40. The molecule has 0 amide bonds. The van der Waals surface area contributed by atoms with E-state index in [0.717, 1.165) is 30.0 Å². The minimum Gasteiger partial charge on any atom is -0.496 e. The predicted molar refractivity (Wildman–Crippen MR) is 75.4 cm³/mol. The van der Waals surface area contributed by atoms with E-state index in [-0.39, 0.29) is 0 Å². The van der Waals surface area contributed by atoms with Crippen LogP contribution in [0.25, 0.3) is 11.1 Å². The first kappa shape index (κ1) is 12.2. The summed E-state index contributed by atoms with van der Waals surface area (Å²) in [6.45, 7) is 2.14. The first-order valence-electron chi connectivity index (χ1n) is 6.77. The summed E-state index contributed by atoms with van der Waals surface area (Å²) in [5.41, 5.74) is 3.49. The van der Waals surface area contributed by atoms with Gasteiger partial charge in [0.05, 0.1) is 13.3 Å². The Kier molecular flexibility index (Phi) is 3.51. The summed E-state index contributed by atoms with van der Waals surface area (Å²) < 4.78 is 5.45. The summed E-state index contributed by atoms with van der Waals surface area (Å²) in [5.74, 6) is 1.41. The Balaban J connectivity index is 1.99. The summed E-state index contributed by atoms with van der Waals surface area (Å²) in [4.78, 5) is 0. The molecular formula is C15H19N3O. The number of hydrogen-bond acceptors (Lipinski definition) is 3. The Hall–Kier alpha value is -1.81. The Morgan fingerprint density at radius 3 is 2.95 bits per heavy atom. The van der Waals surface area contributed by atoms with E-state index in [1.54, 1.807) is 7.11 Å². The van der Waals surface area contributed by atoms with Crippen LogP contribution in [-0.4, -0.2) is 30.4 Å². The van der Waals surface area contributed by atoms with Gasteiger partial charge >= 0.3 is 0 Å². The zero-order chi connectivity index (χ0) is 13.1. The maximum Gasteiger partial charge on any atom is 0.126 e.